The zero-order valence-corrected chi connectivity index (χ0v) is 20.9. The Kier molecular flexibility index (Phi) is 6.19. The first-order valence-corrected chi connectivity index (χ1v) is 12.6. The molecule has 0 heterocycles. The molecule has 0 radical (unpaired) electrons. The van der Waals surface area contributed by atoms with E-state index in [4.69, 9.17) is 0 Å². The summed E-state index contributed by atoms with van der Waals surface area (Å²) in [4.78, 5) is 1.56. The summed E-state index contributed by atoms with van der Waals surface area (Å²) in [5, 5.41) is 2.39. The predicted molar refractivity (Wildman–Crippen MR) is 155 cm³/mol. The molecule has 0 amide bonds. The second-order valence-electron chi connectivity index (χ2n) is 9.33. The van der Waals surface area contributed by atoms with E-state index in [1.807, 2.05) is 42.5 Å². The molecule has 0 aliphatic heterocycles. The number of hydrogen-bond acceptors (Lipinski definition) is 1. The first kappa shape index (κ1) is 23.6. The maximum atomic E-state index is 15.6. The van der Waals surface area contributed by atoms with Crippen LogP contribution in [0.4, 0.5) is 20.2 Å². The van der Waals surface area contributed by atoms with Gasteiger partial charge in [0.05, 0.1) is 11.4 Å². The van der Waals surface area contributed by atoms with Gasteiger partial charge in [-0.25, -0.2) is 8.78 Å². The van der Waals surface area contributed by atoms with Crippen LogP contribution in [-0.2, 0) is 0 Å². The maximum Gasteiger partial charge on any atom is 0.147 e. The third-order valence-electron chi connectivity index (χ3n) is 7.04. The van der Waals surface area contributed by atoms with Gasteiger partial charge in [0.2, 0.25) is 0 Å². The molecule has 0 saturated heterocycles. The van der Waals surface area contributed by atoms with E-state index in [-0.39, 0.29) is 0 Å². The summed E-state index contributed by atoms with van der Waals surface area (Å²) in [6, 6.07) is 42.6. The van der Waals surface area contributed by atoms with Gasteiger partial charge < -0.3 is 4.90 Å². The lowest BCUT2D eigenvalue weighted by Gasteiger charge is -2.23. The standard InChI is InChI=1S/C35H25F2N/c1-38(34-17-8-7-16-32(34)36)35-23-31(30(22-33(35)37)25-10-3-2-4-11-25)27-20-18-26(19-21-27)29-15-9-13-24-12-5-6-14-28(24)29/h2-23H,1H3. The van der Waals surface area contributed by atoms with Crippen molar-refractivity contribution in [1.29, 1.82) is 0 Å². The van der Waals surface area contributed by atoms with E-state index in [2.05, 4.69) is 60.7 Å². The predicted octanol–water partition coefficient (Wildman–Crippen LogP) is 9.89. The van der Waals surface area contributed by atoms with Gasteiger partial charge in [-0.1, -0.05) is 109 Å². The second kappa shape index (κ2) is 9.95. The van der Waals surface area contributed by atoms with Crippen molar-refractivity contribution in [2.24, 2.45) is 0 Å². The van der Waals surface area contributed by atoms with Gasteiger partial charge in [-0.15, -0.1) is 0 Å². The minimum Gasteiger partial charge on any atom is -0.340 e. The quantitative estimate of drug-likeness (QED) is 0.229. The molecule has 1 nitrogen and oxygen atoms in total. The Hall–Kier alpha value is -4.76. The molecule has 0 spiro atoms. The van der Waals surface area contributed by atoms with Gasteiger partial charge in [0.1, 0.15) is 11.6 Å². The fourth-order valence-corrected chi connectivity index (χ4v) is 5.07. The first-order valence-electron chi connectivity index (χ1n) is 12.6. The van der Waals surface area contributed by atoms with Gasteiger partial charge in [0, 0.05) is 7.05 Å². The number of anilines is 2. The number of para-hydroxylation sites is 1. The van der Waals surface area contributed by atoms with Crippen molar-refractivity contribution >= 4 is 22.1 Å². The maximum absolute atomic E-state index is 15.6. The average molecular weight is 498 g/mol. The normalized spacial score (nSPS) is 11.0. The van der Waals surface area contributed by atoms with Crippen LogP contribution < -0.4 is 4.90 Å². The number of nitrogens with zero attached hydrogens (tertiary/aromatic N) is 1. The molecule has 0 aliphatic rings. The lowest BCUT2D eigenvalue weighted by molar-refractivity contribution is 0.618. The van der Waals surface area contributed by atoms with Gasteiger partial charge in [-0.2, -0.15) is 0 Å². The van der Waals surface area contributed by atoms with Crippen LogP contribution in [0, 0.1) is 11.6 Å². The minimum atomic E-state index is -0.411. The fourth-order valence-electron chi connectivity index (χ4n) is 5.07. The zero-order valence-electron chi connectivity index (χ0n) is 20.9. The van der Waals surface area contributed by atoms with Crippen molar-refractivity contribution in [1.82, 2.24) is 0 Å². The van der Waals surface area contributed by atoms with Crippen LogP contribution >= 0.6 is 0 Å². The monoisotopic (exact) mass is 497 g/mol. The molecule has 6 rings (SSSR count). The smallest absolute Gasteiger partial charge is 0.147 e. The van der Waals surface area contributed by atoms with Crippen LogP contribution in [0.1, 0.15) is 0 Å². The van der Waals surface area contributed by atoms with Crippen LogP contribution in [0.5, 0.6) is 0 Å². The van der Waals surface area contributed by atoms with Crippen molar-refractivity contribution in [3.63, 3.8) is 0 Å². The molecule has 0 atom stereocenters. The minimum absolute atomic E-state index is 0.308. The van der Waals surface area contributed by atoms with Gasteiger partial charge in [-0.3, -0.25) is 0 Å². The number of rotatable bonds is 5. The van der Waals surface area contributed by atoms with E-state index in [1.54, 1.807) is 36.2 Å². The van der Waals surface area contributed by atoms with Crippen molar-refractivity contribution in [2.75, 3.05) is 11.9 Å². The Bertz CT molecular complexity index is 1740. The summed E-state index contributed by atoms with van der Waals surface area (Å²) < 4.78 is 30.1. The van der Waals surface area contributed by atoms with Crippen LogP contribution in [0.25, 0.3) is 44.2 Å². The second-order valence-corrected chi connectivity index (χ2v) is 9.33. The molecule has 0 fully saturated rings. The summed E-state index contributed by atoms with van der Waals surface area (Å²) in [5.74, 6) is -0.812. The molecule has 6 aromatic carbocycles. The number of benzene rings is 6. The average Bonchev–Trinajstić information content (AvgIpc) is 2.97. The Morgan fingerprint density at radius 2 is 1.03 bits per heavy atom. The number of hydrogen-bond donors (Lipinski definition) is 0. The molecule has 0 aromatic heterocycles. The molecule has 6 aromatic rings. The van der Waals surface area contributed by atoms with Crippen LogP contribution in [0.2, 0.25) is 0 Å². The highest BCUT2D eigenvalue weighted by Crippen LogP contribution is 2.40. The summed E-state index contributed by atoms with van der Waals surface area (Å²) in [6.45, 7) is 0. The Labute approximate surface area is 221 Å². The molecule has 0 saturated carbocycles. The third kappa shape index (κ3) is 4.33. The van der Waals surface area contributed by atoms with Crippen LogP contribution in [0.3, 0.4) is 0 Å². The van der Waals surface area contributed by atoms with Crippen LogP contribution in [-0.4, -0.2) is 7.05 Å². The lowest BCUT2D eigenvalue weighted by Crippen LogP contribution is -2.13. The Morgan fingerprint density at radius 1 is 0.447 bits per heavy atom. The van der Waals surface area contributed by atoms with Crippen LogP contribution in [0.15, 0.2) is 133 Å². The Morgan fingerprint density at radius 3 is 1.79 bits per heavy atom. The van der Waals surface area contributed by atoms with Gasteiger partial charge in [0.25, 0.3) is 0 Å². The number of fused-ring (bicyclic) bond motifs is 1. The fraction of sp³-hybridized carbons (Fsp3) is 0.0286. The third-order valence-corrected chi connectivity index (χ3v) is 7.04. The molecule has 38 heavy (non-hydrogen) atoms. The van der Waals surface area contributed by atoms with E-state index in [1.165, 1.54) is 16.8 Å². The summed E-state index contributed by atoms with van der Waals surface area (Å²) >= 11 is 0. The topological polar surface area (TPSA) is 3.24 Å². The molecule has 3 heteroatoms. The van der Waals surface area contributed by atoms with Gasteiger partial charge in [0.15, 0.2) is 0 Å². The Balaban J connectivity index is 1.49. The summed E-state index contributed by atoms with van der Waals surface area (Å²) in [7, 11) is 1.69. The van der Waals surface area contributed by atoms with Crippen molar-refractivity contribution < 1.29 is 8.78 Å². The lowest BCUT2D eigenvalue weighted by atomic mass is 9.91. The van der Waals surface area contributed by atoms with Gasteiger partial charge in [-0.05, 0) is 68.4 Å². The molecular weight excluding hydrogens is 472 g/mol. The highest BCUT2D eigenvalue weighted by molar-refractivity contribution is 5.97. The molecule has 0 aliphatic carbocycles. The van der Waals surface area contributed by atoms with E-state index in [9.17, 15) is 4.39 Å². The van der Waals surface area contributed by atoms with E-state index in [0.29, 0.717) is 11.4 Å². The molecule has 0 bridgehead atoms. The highest BCUT2D eigenvalue weighted by atomic mass is 19.1. The molecular formula is C35H25F2N. The molecule has 184 valence electrons. The zero-order chi connectivity index (χ0) is 26.1. The first-order chi connectivity index (χ1) is 18.6. The highest BCUT2D eigenvalue weighted by Gasteiger charge is 2.18. The largest absolute Gasteiger partial charge is 0.340 e. The van der Waals surface area contributed by atoms with E-state index < -0.39 is 11.6 Å². The van der Waals surface area contributed by atoms with Crippen molar-refractivity contribution in [2.45, 2.75) is 0 Å². The summed E-state index contributed by atoms with van der Waals surface area (Å²) in [5.41, 5.74) is 6.43. The van der Waals surface area contributed by atoms with Crippen molar-refractivity contribution in [3.8, 4) is 33.4 Å². The summed E-state index contributed by atoms with van der Waals surface area (Å²) in [6.07, 6.45) is 0. The molecule has 0 unspecified atom stereocenters. The van der Waals surface area contributed by atoms with E-state index in [0.717, 1.165) is 33.4 Å². The van der Waals surface area contributed by atoms with Gasteiger partial charge >= 0.3 is 0 Å². The SMILES string of the molecule is CN(c1ccccc1F)c1cc(-c2ccc(-c3cccc4ccccc34)cc2)c(-c2ccccc2)cc1F. The van der Waals surface area contributed by atoms with Crippen molar-refractivity contribution in [3.05, 3.63) is 145 Å². The number of halogens is 2. The molecule has 0 N–H and O–H groups in total. The van der Waals surface area contributed by atoms with E-state index >= 15 is 4.39 Å².